The third kappa shape index (κ3) is 5.72. The lowest BCUT2D eigenvalue weighted by molar-refractivity contribution is -0.127. The molecule has 2 saturated heterocycles. The highest BCUT2D eigenvalue weighted by Gasteiger charge is 2.36. The third-order valence-electron chi connectivity index (χ3n) is 6.48. The van der Waals surface area contributed by atoms with E-state index in [2.05, 4.69) is 35.6 Å². The van der Waals surface area contributed by atoms with Gasteiger partial charge in [-0.3, -0.25) is 9.69 Å². The second-order valence-electron chi connectivity index (χ2n) is 8.86. The standard InChI is InChI=1S/C23H32ClFN4O/c1-3-4-18-10-17(9-15-5-7-20(25)19(24)11-15)14-29(2)22(18)28-23(30)21-8-6-16(12-26)13-27-21/h5,7,11,16-18,21-22,27H,3-4,6,8-10,13-14H2,1-2H3,(H,28,30). The molecule has 0 aliphatic carbocycles. The van der Waals surface area contributed by atoms with Crippen molar-refractivity contribution < 1.29 is 9.18 Å². The Morgan fingerprint density at radius 3 is 2.87 bits per heavy atom. The molecule has 0 aromatic heterocycles. The lowest BCUT2D eigenvalue weighted by atomic mass is 9.81. The fraction of sp³-hybridized carbons (Fsp3) is 0.652. The monoisotopic (exact) mass is 434 g/mol. The summed E-state index contributed by atoms with van der Waals surface area (Å²) in [5, 5.41) is 15.7. The average Bonchev–Trinajstić information content (AvgIpc) is 2.73. The van der Waals surface area contributed by atoms with Gasteiger partial charge in [0.25, 0.3) is 0 Å². The maximum absolute atomic E-state index is 13.5. The van der Waals surface area contributed by atoms with Gasteiger partial charge in [-0.2, -0.15) is 5.26 Å². The van der Waals surface area contributed by atoms with Crippen LogP contribution in [0.3, 0.4) is 0 Å². The topological polar surface area (TPSA) is 68.2 Å². The lowest BCUT2D eigenvalue weighted by Gasteiger charge is -2.44. The maximum atomic E-state index is 13.5. The van der Waals surface area contributed by atoms with E-state index in [0.717, 1.165) is 44.2 Å². The van der Waals surface area contributed by atoms with Crippen molar-refractivity contribution in [2.24, 2.45) is 17.8 Å². The minimum Gasteiger partial charge on any atom is -0.339 e. The SMILES string of the molecule is CCCC1CC(Cc2ccc(F)c(Cl)c2)CN(C)C1NC(=O)C1CCC(C#N)CN1. The molecule has 3 rings (SSSR count). The van der Waals surface area contributed by atoms with Gasteiger partial charge in [-0.25, -0.2) is 4.39 Å². The van der Waals surface area contributed by atoms with E-state index in [1.54, 1.807) is 6.07 Å². The van der Waals surface area contributed by atoms with Crippen LogP contribution in [0.25, 0.3) is 0 Å². The smallest absolute Gasteiger partial charge is 0.238 e. The van der Waals surface area contributed by atoms with Crippen LogP contribution in [0.5, 0.6) is 0 Å². The zero-order chi connectivity index (χ0) is 21.7. The molecule has 164 valence electrons. The molecule has 2 heterocycles. The number of rotatable bonds is 6. The molecule has 0 bridgehead atoms. The van der Waals surface area contributed by atoms with E-state index in [4.69, 9.17) is 16.9 Å². The van der Waals surface area contributed by atoms with Gasteiger partial charge in [-0.05, 0) is 68.7 Å². The number of hydrogen-bond acceptors (Lipinski definition) is 4. The second-order valence-corrected chi connectivity index (χ2v) is 9.27. The number of halogens is 2. The van der Waals surface area contributed by atoms with Crippen molar-refractivity contribution in [1.29, 1.82) is 5.26 Å². The highest BCUT2D eigenvalue weighted by atomic mass is 35.5. The Bertz CT molecular complexity index is 775. The van der Waals surface area contributed by atoms with Gasteiger partial charge >= 0.3 is 0 Å². The number of nitrogens with zero attached hydrogens (tertiary/aromatic N) is 2. The first-order chi connectivity index (χ1) is 14.4. The number of likely N-dealkylation sites (tertiary alicyclic amines) is 1. The van der Waals surface area contributed by atoms with Gasteiger partial charge in [-0.15, -0.1) is 0 Å². The first-order valence-electron chi connectivity index (χ1n) is 11.0. The van der Waals surface area contributed by atoms with Crippen molar-refractivity contribution in [2.75, 3.05) is 20.1 Å². The first kappa shape index (κ1) is 23.0. The number of nitriles is 1. The first-order valence-corrected chi connectivity index (χ1v) is 11.4. The van der Waals surface area contributed by atoms with Gasteiger partial charge in [0, 0.05) is 13.1 Å². The van der Waals surface area contributed by atoms with Crippen LogP contribution < -0.4 is 10.6 Å². The molecular formula is C23H32ClFN4O. The normalized spacial score (nSPS) is 29.9. The van der Waals surface area contributed by atoms with Crippen molar-refractivity contribution in [3.8, 4) is 6.07 Å². The highest BCUT2D eigenvalue weighted by Crippen LogP contribution is 2.32. The van der Waals surface area contributed by atoms with E-state index in [-0.39, 0.29) is 34.9 Å². The zero-order valence-electron chi connectivity index (χ0n) is 17.8. The summed E-state index contributed by atoms with van der Waals surface area (Å²) in [5.41, 5.74) is 1.05. The number of carbonyl (C=O) groups excluding carboxylic acids is 1. The molecule has 5 unspecified atom stereocenters. The molecule has 0 spiro atoms. The molecule has 0 saturated carbocycles. The number of piperidine rings is 2. The fourth-order valence-electron chi connectivity index (χ4n) is 4.97. The van der Waals surface area contributed by atoms with Gasteiger partial charge in [0.15, 0.2) is 0 Å². The van der Waals surface area contributed by atoms with Crippen LogP contribution in [0.4, 0.5) is 4.39 Å². The van der Waals surface area contributed by atoms with Crippen molar-refractivity contribution >= 4 is 17.5 Å². The molecule has 1 amide bonds. The van der Waals surface area contributed by atoms with E-state index < -0.39 is 0 Å². The average molecular weight is 435 g/mol. The summed E-state index contributed by atoms with van der Waals surface area (Å²) in [5.74, 6) is 0.456. The van der Waals surface area contributed by atoms with Crippen molar-refractivity contribution in [3.63, 3.8) is 0 Å². The largest absolute Gasteiger partial charge is 0.339 e. The summed E-state index contributed by atoms with van der Waals surface area (Å²) in [7, 11) is 2.07. The molecule has 1 aromatic rings. The minimum atomic E-state index is -0.384. The molecule has 2 fully saturated rings. The quantitative estimate of drug-likeness (QED) is 0.715. The van der Waals surface area contributed by atoms with Gasteiger partial charge < -0.3 is 10.6 Å². The summed E-state index contributed by atoms with van der Waals surface area (Å²) in [6.07, 6.45) is 5.46. The van der Waals surface area contributed by atoms with E-state index in [0.29, 0.717) is 24.8 Å². The molecule has 2 aliphatic heterocycles. The lowest BCUT2D eigenvalue weighted by Crippen LogP contribution is -2.60. The van der Waals surface area contributed by atoms with Crippen LogP contribution in [-0.2, 0) is 11.2 Å². The summed E-state index contributed by atoms with van der Waals surface area (Å²) in [6.45, 7) is 3.62. The Balaban J connectivity index is 1.61. The highest BCUT2D eigenvalue weighted by molar-refractivity contribution is 6.30. The van der Waals surface area contributed by atoms with Crippen molar-refractivity contribution in [1.82, 2.24) is 15.5 Å². The Labute approximate surface area is 184 Å². The molecular weight excluding hydrogens is 403 g/mol. The molecule has 2 N–H and O–H groups in total. The number of nitrogens with one attached hydrogen (secondary N) is 2. The van der Waals surface area contributed by atoms with Gasteiger partial charge in [0.2, 0.25) is 5.91 Å². The molecule has 1 aromatic carbocycles. The minimum absolute atomic E-state index is 0.0000304. The summed E-state index contributed by atoms with van der Waals surface area (Å²) in [6, 6.07) is 7.03. The van der Waals surface area contributed by atoms with Gasteiger partial charge in [-0.1, -0.05) is 31.0 Å². The Hall–Kier alpha value is -1.68. The number of carbonyl (C=O) groups is 1. The van der Waals surface area contributed by atoms with Crippen LogP contribution in [0.1, 0.15) is 44.6 Å². The molecule has 5 nitrogen and oxygen atoms in total. The predicted molar refractivity (Wildman–Crippen MR) is 116 cm³/mol. The molecule has 2 aliphatic rings. The van der Waals surface area contributed by atoms with Crippen molar-refractivity contribution in [3.05, 3.63) is 34.6 Å². The molecule has 30 heavy (non-hydrogen) atoms. The van der Waals surface area contributed by atoms with Gasteiger partial charge in [0.05, 0.1) is 29.2 Å². The van der Waals surface area contributed by atoms with Crippen LogP contribution in [0.2, 0.25) is 5.02 Å². The molecule has 5 atom stereocenters. The number of hydrogen-bond donors (Lipinski definition) is 2. The maximum Gasteiger partial charge on any atom is 0.238 e. The van der Waals surface area contributed by atoms with E-state index in [1.807, 2.05) is 6.07 Å². The Morgan fingerprint density at radius 2 is 2.23 bits per heavy atom. The number of amides is 1. The summed E-state index contributed by atoms with van der Waals surface area (Å²) < 4.78 is 13.5. The number of benzene rings is 1. The third-order valence-corrected chi connectivity index (χ3v) is 6.76. The van der Waals surface area contributed by atoms with E-state index >= 15 is 0 Å². The van der Waals surface area contributed by atoms with E-state index in [1.165, 1.54) is 6.07 Å². The Morgan fingerprint density at radius 1 is 1.43 bits per heavy atom. The fourth-order valence-corrected chi connectivity index (χ4v) is 5.17. The summed E-state index contributed by atoms with van der Waals surface area (Å²) >= 11 is 5.95. The second kappa shape index (κ2) is 10.6. The van der Waals surface area contributed by atoms with E-state index in [9.17, 15) is 9.18 Å². The van der Waals surface area contributed by atoms with Crippen LogP contribution in [0, 0.1) is 34.9 Å². The van der Waals surface area contributed by atoms with Crippen molar-refractivity contribution in [2.45, 2.75) is 57.7 Å². The van der Waals surface area contributed by atoms with Gasteiger partial charge in [0.1, 0.15) is 5.82 Å². The van der Waals surface area contributed by atoms with Crippen LogP contribution >= 0.6 is 11.6 Å². The Kier molecular flexibility index (Phi) is 8.10. The molecule has 7 heteroatoms. The van der Waals surface area contributed by atoms with Crippen LogP contribution in [-0.4, -0.2) is 43.2 Å². The molecule has 0 radical (unpaired) electrons. The summed E-state index contributed by atoms with van der Waals surface area (Å²) in [4.78, 5) is 15.1. The van der Waals surface area contributed by atoms with Crippen LogP contribution in [0.15, 0.2) is 18.2 Å². The predicted octanol–water partition coefficient (Wildman–Crippen LogP) is 3.72. The zero-order valence-corrected chi connectivity index (χ0v) is 18.6.